The molecule has 1 aliphatic rings. The van der Waals surface area contributed by atoms with Gasteiger partial charge < -0.3 is 9.64 Å². The fourth-order valence-electron chi connectivity index (χ4n) is 2.90. The third-order valence-electron chi connectivity index (χ3n) is 4.47. The molecule has 0 atom stereocenters. The van der Waals surface area contributed by atoms with E-state index in [1.165, 1.54) is 5.56 Å². The van der Waals surface area contributed by atoms with E-state index < -0.39 is 11.7 Å². The molecule has 1 heterocycles. The Hall–Kier alpha value is -2.62. The maximum absolute atomic E-state index is 12.1. The summed E-state index contributed by atoms with van der Waals surface area (Å²) in [5, 5.41) is 0. The van der Waals surface area contributed by atoms with E-state index in [9.17, 15) is 9.59 Å². The molecule has 1 aliphatic heterocycles. The van der Waals surface area contributed by atoms with E-state index in [-0.39, 0.29) is 0 Å². The average molecular weight is 323 g/mol. The van der Waals surface area contributed by atoms with Crippen LogP contribution in [-0.2, 0) is 4.79 Å². The lowest BCUT2D eigenvalue weighted by Gasteiger charge is -2.16. The topological polar surface area (TPSA) is 46.6 Å². The summed E-state index contributed by atoms with van der Waals surface area (Å²) in [7, 11) is 0. The number of ketones is 1. The molecule has 3 rings (SSSR count). The Morgan fingerprint density at radius 3 is 2.58 bits per heavy atom. The third kappa shape index (κ3) is 3.04. The highest BCUT2D eigenvalue weighted by atomic mass is 16.5. The van der Waals surface area contributed by atoms with Crippen LogP contribution in [0.4, 0.5) is 5.69 Å². The molecule has 0 fully saturated rings. The number of hydrogen-bond donors (Lipinski definition) is 0. The number of para-hydroxylation sites is 1. The number of carbonyl (C=O) groups excluding carboxylic acids is 2. The van der Waals surface area contributed by atoms with Crippen LogP contribution in [0.5, 0.6) is 5.75 Å². The third-order valence-corrected chi connectivity index (χ3v) is 4.47. The number of Topliss-reactive ketones (excluding diaryl/α,β-unsaturated/α-hetero) is 1. The number of unbranched alkanes of at least 4 members (excludes halogenated alkanes) is 1. The van der Waals surface area contributed by atoms with E-state index in [1.54, 1.807) is 17.0 Å². The Morgan fingerprint density at radius 1 is 0.958 bits per heavy atom. The van der Waals surface area contributed by atoms with Gasteiger partial charge in [-0.2, -0.15) is 0 Å². The lowest BCUT2D eigenvalue weighted by atomic mass is 10.1. The van der Waals surface area contributed by atoms with Gasteiger partial charge in [-0.25, -0.2) is 0 Å². The van der Waals surface area contributed by atoms with Gasteiger partial charge in [0, 0.05) is 6.54 Å². The molecule has 0 spiro atoms. The van der Waals surface area contributed by atoms with Crippen LogP contribution in [0, 0.1) is 13.8 Å². The van der Waals surface area contributed by atoms with Gasteiger partial charge in [0.25, 0.3) is 11.7 Å². The highest BCUT2D eigenvalue weighted by Crippen LogP contribution is 2.28. The molecule has 2 aromatic carbocycles. The zero-order valence-corrected chi connectivity index (χ0v) is 14.0. The van der Waals surface area contributed by atoms with Crippen LogP contribution in [-0.4, -0.2) is 24.8 Å². The van der Waals surface area contributed by atoms with Gasteiger partial charge in [0.15, 0.2) is 0 Å². The number of ether oxygens (including phenoxy) is 1. The van der Waals surface area contributed by atoms with E-state index in [0.29, 0.717) is 18.7 Å². The summed E-state index contributed by atoms with van der Waals surface area (Å²) < 4.78 is 5.83. The second kappa shape index (κ2) is 6.87. The summed E-state index contributed by atoms with van der Waals surface area (Å²) in [5.74, 6) is 0.0802. The van der Waals surface area contributed by atoms with E-state index in [4.69, 9.17) is 4.74 Å². The Labute approximate surface area is 142 Å². The first-order valence-corrected chi connectivity index (χ1v) is 8.24. The molecular weight excluding hydrogens is 302 g/mol. The fraction of sp³-hybridized carbons (Fsp3) is 0.300. The van der Waals surface area contributed by atoms with Crippen LogP contribution in [0.1, 0.15) is 34.3 Å². The Balaban J connectivity index is 1.52. The molecule has 0 aliphatic carbocycles. The number of hydrogen-bond acceptors (Lipinski definition) is 3. The van der Waals surface area contributed by atoms with Crippen molar-refractivity contribution in [1.29, 1.82) is 0 Å². The van der Waals surface area contributed by atoms with Crippen molar-refractivity contribution in [2.75, 3.05) is 18.1 Å². The van der Waals surface area contributed by atoms with Crippen molar-refractivity contribution in [3.05, 3.63) is 59.2 Å². The van der Waals surface area contributed by atoms with Gasteiger partial charge in [0.1, 0.15) is 5.75 Å². The monoisotopic (exact) mass is 323 g/mol. The number of benzene rings is 2. The average Bonchev–Trinajstić information content (AvgIpc) is 2.83. The van der Waals surface area contributed by atoms with E-state index >= 15 is 0 Å². The quantitative estimate of drug-likeness (QED) is 0.601. The van der Waals surface area contributed by atoms with Crippen LogP contribution in [0.2, 0.25) is 0 Å². The van der Waals surface area contributed by atoms with Gasteiger partial charge in [0.05, 0.1) is 17.9 Å². The van der Waals surface area contributed by atoms with Gasteiger partial charge >= 0.3 is 0 Å². The Kier molecular flexibility index (Phi) is 4.65. The number of carbonyl (C=O) groups is 2. The van der Waals surface area contributed by atoms with Crippen LogP contribution in [0.25, 0.3) is 0 Å². The molecule has 2 aromatic rings. The smallest absolute Gasteiger partial charge is 0.299 e. The van der Waals surface area contributed by atoms with E-state index in [1.807, 2.05) is 24.3 Å². The van der Waals surface area contributed by atoms with Gasteiger partial charge in [-0.05, 0) is 56.0 Å². The Morgan fingerprint density at radius 2 is 1.75 bits per heavy atom. The minimum Gasteiger partial charge on any atom is -0.493 e. The summed E-state index contributed by atoms with van der Waals surface area (Å²) >= 11 is 0. The molecule has 1 amide bonds. The van der Waals surface area contributed by atoms with Crippen molar-refractivity contribution in [3.8, 4) is 5.75 Å². The number of anilines is 1. The van der Waals surface area contributed by atoms with Gasteiger partial charge in [-0.15, -0.1) is 0 Å². The van der Waals surface area contributed by atoms with Crippen molar-refractivity contribution in [2.24, 2.45) is 0 Å². The first-order valence-electron chi connectivity index (χ1n) is 8.24. The highest BCUT2D eigenvalue weighted by molar-refractivity contribution is 6.52. The van der Waals surface area contributed by atoms with E-state index in [2.05, 4.69) is 19.9 Å². The molecule has 0 radical (unpaired) electrons. The summed E-state index contributed by atoms with van der Waals surface area (Å²) in [6, 6.07) is 13.2. The Bertz CT molecular complexity index is 782. The maximum Gasteiger partial charge on any atom is 0.299 e. The lowest BCUT2D eigenvalue weighted by Crippen LogP contribution is -2.30. The number of rotatable bonds is 6. The summed E-state index contributed by atoms with van der Waals surface area (Å²) in [4.78, 5) is 25.6. The molecule has 0 unspecified atom stereocenters. The standard InChI is InChI=1S/C20H21NO3/c1-14-8-7-11-18(15(14)2)24-13-6-5-12-21-17-10-4-3-9-16(17)19(22)20(21)23/h3-4,7-11H,5-6,12-13H2,1-2H3. The molecule has 24 heavy (non-hydrogen) atoms. The van der Waals surface area contributed by atoms with Gasteiger partial charge in [-0.3, -0.25) is 9.59 Å². The molecule has 0 aromatic heterocycles. The minimum atomic E-state index is -0.424. The number of fused-ring (bicyclic) bond motifs is 1. The molecule has 0 saturated carbocycles. The molecular formula is C20H21NO3. The number of aryl methyl sites for hydroxylation is 1. The van der Waals surface area contributed by atoms with Crippen molar-refractivity contribution >= 4 is 17.4 Å². The normalized spacial score (nSPS) is 13.3. The molecule has 0 N–H and O–H groups in total. The molecule has 4 nitrogen and oxygen atoms in total. The second-order valence-corrected chi connectivity index (χ2v) is 6.06. The van der Waals surface area contributed by atoms with Crippen molar-refractivity contribution in [2.45, 2.75) is 26.7 Å². The number of amides is 1. The zero-order valence-electron chi connectivity index (χ0n) is 14.0. The summed E-state index contributed by atoms with van der Waals surface area (Å²) in [6.07, 6.45) is 1.62. The molecule has 0 bridgehead atoms. The largest absolute Gasteiger partial charge is 0.493 e. The zero-order chi connectivity index (χ0) is 17.1. The second-order valence-electron chi connectivity index (χ2n) is 6.06. The SMILES string of the molecule is Cc1cccc(OCCCCN2C(=O)C(=O)c3ccccc32)c1C. The summed E-state index contributed by atoms with van der Waals surface area (Å²) in [5.41, 5.74) is 3.61. The first-order chi connectivity index (χ1) is 11.6. The van der Waals surface area contributed by atoms with Crippen molar-refractivity contribution < 1.29 is 14.3 Å². The fourth-order valence-corrected chi connectivity index (χ4v) is 2.90. The lowest BCUT2D eigenvalue weighted by molar-refractivity contribution is -0.114. The molecule has 4 heteroatoms. The first kappa shape index (κ1) is 16.2. The van der Waals surface area contributed by atoms with Crippen LogP contribution in [0.3, 0.4) is 0 Å². The van der Waals surface area contributed by atoms with Crippen LogP contribution >= 0.6 is 0 Å². The van der Waals surface area contributed by atoms with Gasteiger partial charge in [0.2, 0.25) is 0 Å². The van der Waals surface area contributed by atoms with E-state index in [0.717, 1.165) is 29.8 Å². The molecule has 124 valence electrons. The number of nitrogens with zero attached hydrogens (tertiary/aromatic N) is 1. The molecule has 0 saturated heterocycles. The summed E-state index contributed by atoms with van der Waals surface area (Å²) in [6.45, 7) is 5.26. The predicted octanol–water partition coefficient (Wildman–Crippen LogP) is 3.69. The highest BCUT2D eigenvalue weighted by Gasteiger charge is 2.34. The van der Waals surface area contributed by atoms with Crippen LogP contribution < -0.4 is 9.64 Å². The van der Waals surface area contributed by atoms with Gasteiger partial charge in [-0.1, -0.05) is 24.3 Å². The predicted molar refractivity (Wildman–Crippen MR) is 93.8 cm³/mol. The van der Waals surface area contributed by atoms with Crippen LogP contribution in [0.15, 0.2) is 42.5 Å². The maximum atomic E-state index is 12.1. The van der Waals surface area contributed by atoms with Crippen molar-refractivity contribution in [3.63, 3.8) is 0 Å². The minimum absolute atomic E-state index is 0.405. The van der Waals surface area contributed by atoms with Crippen molar-refractivity contribution in [1.82, 2.24) is 0 Å².